The third-order valence-electron chi connectivity index (χ3n) is 3.24. The molecule has 0 aliphatic heterocycles. The van der Waals surface area contributed by atoms with E-state index in [9.17, 15) is 9.18 Å². The summed E-state index contributed by atoms with van der Waals surface area (Å²) in [6.07, 6.45) is 0. The first-order chi connectivity index (χ1) is 11.5. The number of hydrogen-bond donors (Lipinski definition) is 1. The van der Waals surface area contributed by atoms with Gasteiger partial charge >= 0.3 is 5.97 Å². The Morgan fingerprint density at radius 1 is 1.17 bits per heavy atom. The zero-order valence-corrected chi connectivity index (χ0v) is 13.1. The number of carboxylic acids is 1. The number of hydrogen-bond acceptors (Lipinski definition) is 3. The molecule has 0 saturated heterocycles. The molecule has 0 unspecified atom stereocenters. The quantitative estimate of drug-likeness (QED) is 0.763. The van der Waals surface area contributed by atoms with E-state index in [1.165, 1.54) is 12.1 Å². The predicted molar refractivity (Wildman–Crippen MR) is 87.1 cm³/mol. The van der Waals surface area contributed by atoms with Crippen LogP contribution in [0.4, 0.5) is 4.39 Å². The number of aromatic nitrogens is 2. The van der Waals surface area contributed by atoms with Crippen molar-refractivity contribution in [2.24, 2.45) is 0 Å². The van der Waals surface area contributed by atoms with E-state index in [1.807, 2.05) is 0 Å². The van der Waals surface area contributed by atoms with Crippen molar-refractivity contribution < 1.29 is 19.0 Å². The second-order valence-electron chi connectivity index (χ2n) is 4.95. The molecule has 1 heterocycles. The summed E-state index contributed by atoms with van der Waals surface area (Å²) in [6, 6.07) is 14.5. The number of aliphatic carboxylic acids is 1. The molecule has 24 heavy (non-hydrogen) atoms. The number of ether oxygens (including phenoxy) is 1. The lowest BCUT2D eigenvalue weighted by Gasteiger charge is -2.07. The molecule has 3 rings (SSSR count). The van der Waals surface area contributed by atoms with Crippen LogP contribution < -0.4 is 4.74 Å². The van der Waals surface area contributed by atoms with Gasteiger partial charge in [0.2, 0.25) is 5.88 Å². The first-order valence-corrected chi connectivity index (χ1v) is 7.37. The molecule has 0 aliphatic carbocycles. The highest BCUT2D eigenvalue weighted by molar-refractivity contribution is 6.30. The van der Waals surface area contributed by atoms with Crippen LogP contribution in [0, 0.1) is 5.82 Å². The van der Waals surface area contributed by atoms with Crippen LogP contribution in [-0.4, -0.2) is 27.5 Å². The fourth-order valence-corrected chi connectivity index (χ4v) is 2.30. The number of nitrogens with zero attached hydrogens (tertiary/aromatic N) is 2. The standard InChI is InChI=1S/C17H12ClFN2O3/c18-12-3-1-11(2-4-12)15-9-16(24-10-17(22)23)20-21(15)14-7-5-13(19)6-8-14/h1-9H,10H2,(H,22,23). The average molecular weight is 347 g/mol. The van der Waals surface area contributed by atoms with Crippen LogP contribution in [0.15, 0.2) is 54.6 Å². The van der Waals surface area contributed by atoms with Crippen LogP contribution in [0.25, 0.3) is 16.9 Å². The monoisotopic (exact) mass is 346 g/mol. The van der Waals surface area contributed by atoms with E-state index >= 15 is 0 Å². The van der Waals surface area contributed by atoms with Crippen molar-refractivity contribution >= 4 is 17.6 Å². The zero-order chi connectivity index (χ0) is 17.1. The maximum absolute atomic E-state index is 13.2. The van der Waals surface area contributed by atoms with Gasteiger partial charge < -0.3 is 9.84 Å². The van der Waals surface area contributed by atoms with Crippen molar-refractivity contribution in [1.29, 1.82) is 0 Å². The second kappa shape index (κ2) is 6.72. The van der Waals surface area contributed by atoms with Gasteiger partial charge in [0.05, 0.1) is 11.4 Å². The molecule has 0 bridgehead atoms. The van der Waals surface area contributed by atoms with Gasteiger partial charge in [0, 0.05) is 16.7 Å². The molecule has 3 aromatic rings. The number of halogens is 2. The van der Waals surface area contributed by atoms with Crippen molar-refractivity contribution in [3.63, 3.8) is 0 Å². The third kappa shape index (κ3) is 3.55. The lowest BCUT2D eigenvalue weighted by molar-refractivity contribution is -0.139. The lowest BCUT2D eigenvalue weighted by atomic mass is 10.1. The number of carbonyl (C=O) groups is 1. The molecule has 0 fully saturated rings. The van der Waals surface area contributed by atoms with Gasteiger partial charge in [-0.05, 0) is 36.4 Å². The highest BCUT2D eigenvalue weighted by atomic mass is 35.5. The SMILES string of the molecule is O=C(O)COc1cc(-c2ccc(Cl)cc2)n(-c2ccc(F)cc2)n1. The summed E-state index contributed by atoms with van der Waals surface area (Å²) in [6.45, 7) is -0.500. The summed E-state index contributed by atoms with van der Waals surface area (Å²) in [5.74, 6) is -1.30. The van der Waals surface area contributed by atoms with Crippen LogP contribution in [0.3, 0.4) is 0 Å². The molecule has 1 aromatic heterocycles. The van der Waals surface area contributed by atoms with E-state index in [0.717, 1.165) is 5.56 Å². The first kappa shape index (κ1) is 16.0. The average Bonchev–Trinajstić information content (AvgIpc) is 2.98. The van der Waals surface area contributed by atoms with Crippen LogP contribution in [0.2, 0.25) is 5.02 Å². The second-order valence-corrected chi connectivity index (χ2v) is 5.38. The van der Waals surface area contributed by atoms with Gasteiger partial charge in [0.15, 0.2) is 6.61 Å². The van der Waals surface area contributed by atoms with E-state index in [-0.39, 0.29) is 11.7 Å². The van der Waals surface area contributed by atoms with Gasteiger partial charge in [0.25, 0.3) is 0 Å². The smallest absolute Gasteiger partial charge is 0.341 e. The Balaban J connectivity index is 2.05. The molecule has 0 saturated carbocycles. The van der Waals surface area contributed by atoms with Gasteiger partial charge in [-0.1, -0.05) is 23.7 Å². The minimum Gasteiger partial charge on any atom is -0.479 e. The Bertz CT molecular complexity index is 798. The van der Waals surface area contributed by atoms with Gasteiger partial charge in [-0.15, -0.1) is 5.10 Å². The number of rotatable bonds is 5. The number of benzene rings is 2. The molecule has 0 radical (unpaired) electrons. The molecule has 1 N–H and O–H groups in total. The summed E-state index contributed by atoms with van der Waals surface area (Å²) in [7, 11) is 0. The molecule has 0 spiro atoms. The fourth-order valence-electron chi connectivity index (χ4n) is 2.17. The van der Waals surface area contributed by atoms with Gasteiger partial charge in [-0.25, -0.2) is 13.9 Å². The summed E-state index contributed by atoms with van der Waals surface area (Å²) in [5, 5.41) is 13.6. The molecule has 5 nitrogen and oxygen atoms in total. The molecule has 122 valence electrons. The largest absolute Gasteiger partial charge is 0.479 e. The summed E-state index contributed by atoms with van der Waals surface area (Å²) in [4.78, 5) is 10.7. The van der Waals surface area contributed by atoms with E-state index in [4.69, 9.17) is 21.4 Å². The Labute approximate surface area is 141 Å². The normalized spacial score (nSPS) is 10.6. The zero-order valence-electron chi connectivity index (χ0n) is 12.3. The maximum Gasteiger partial charge on any atom is 0.341 e. The molecule has 7 heteroatoms. The van der Waals surface area contributed by atoms with Gasteiger partial charge in [-0.3, -0.25) is 0 Å². The molecule has 0 aliphatic rings. The molecule has 0 amide bonds. The van der Waals surface area contributed by atoms with Crippen LogP contribution in [-0.2, 0) is 4.79 Å². The van der Waals surface area contributed by atoms with Crippen molar-refractivity contribution in [2.45, 2.75) is 0 Å². The van der Waals surface area contributed by atoms with Crippen molar-refractivity contribution in [2.75, 3.05) is 6.61 Å². The number of carboxylic acid groups (broad SMARTS) is 1. The van der Waals surface area contributed by atoms with Crippen LogP contribution in [0.1, 0.15) is 0 Å². The fraction of sp³-hybridized carbons (Fsp3) is 0.0588. The van der Waals surface area contributed by atoms with Crippen molar-refractivity contribution in [3.8, 4) is 22.8 Å². The Hall–Kier alpha value is -2.86. The van der Waals surface area contributed by atoms with E-state index in [1.54, 1.807) is 47.1 Å². The molecule has 2 aromatic carbocycles. The topological polar surface area (TPSA) is 64.3 Å². The predicted octanol–water partition coefficient (Wildman–Crippen LogP) is 3.80. The molecular formula is C17H12ClFN2O3. The minimum absolute atomic E-state index is 0.159. The highest BCUT2D eigenvalue weighted by Gasteiger charge is 2.13. The van der Waals surface area contributed by atoms with Crippen molar-refractivity contribution in [1.82, 2.24) is 9.78 Å². The first-order valence-electron chi connectivity index (χ1n) is 6.99. The Morgan fingerprint density at radius 2 is 1.83 bits per heavy atom. The van der Waals surface area contributed by atoms with Gasteiger partial charge in [0.1, 0.15) is 5.82 Å². The molecular weight excluding hydrogens is 335 g/mol. The highest BCUT2D eigenvalue weighted by Crippen LogP contribution is 2.28. The maximum atomic E-state index is 13.2. The molecule has 0 atom stereocenters. The van der Waals surface area contributed by atoms with Gasteiger partial charge in [-0.2, -0.15) is 0 Å². The van der Waals surface area contributed by atoms with Crippen molar-refractivity contribution in [3.05, 3.63) is 65.4 Å². The summed E-state index contributed by atoms with van der Waals surface area (Å²) in [5.41, 5.74) is 2.09. The van der Waals surface area contributed by atoms with Crippen LogP contribution >= 0.6 is 11.6 Å². The van der Waals surface area contributed by atoms with Crippen LogP contribution in [0.5, 0.6) is 5.88 Å². The van der Waals surface area contributed by atoms with E-state index in [2.05, 4.69) is 5.10 Å². The van der Waals surface area contributed by atoms with E-state index in [0.29, 0.717) is 16.4 Å². The Morgan fingerprint density at radius 3 is 2.46 bits per heavy atom. The third-order valence-corrected chi connectivity index (χ3v) is 3.49. The minimum atomic E-state index is -1.10. The Kier molecular flexibility index (Phi) is 4.48. The van der Waals surface area contributed by atoms with E-state index < -0.39 is 12.6 Å². The summed E-state index contributed by atoms with van der Waals surface area (Å²) >= 11 is 5.91. The summed E-state index contributed by atoms with van der Waals surface area (Å²) < 4.78 is 19.9. The lowest BCUT2D eigenvalue weighted by Crippen LogP contribution is -2.10.